The van der Waals surface area contributed by atoms with Crippen LogP contribution in [0.1, 0.15) is 5.69 Å². The highest BCUT2D eigenvalue weighted by Gasteiger charge is 2.10. The Balaban J connectivity index is 1.78. The molecule has 1 N–H and O–H groups in total. The minimum atomic E-state index is -0.328. The van der Waals surface area contributed by atoms with Crippen LogP contribution in [0.4, 0.5) is 10.2 Å². The molecule has 0 fully saturated rings. The fourth-order valence-corrected chi connectivity index (χ4v) is 2.54. The van der Waals surface area contributed by atoms with Gasteiger partial charge in [0.15, 0.2) is 5.82 Å². The Bertz CT molecular complexity index is 1010. The molecule has 0 atom stereocenters. The third-order valence-electron chi connectivity index (χ3n) is 3.74. The van der Waals surface area contributed by atoms with Crippen molar-refractivity contribution in [3.63, 3.8) is 0 Å². The standard InChI is InChI=1S/C19H14FN5/c20-14-6-7-17-16(10-14)19(23-12-15-5-1-2-9-22-15)25-18(24-17)13-4-3-8-21-11-13/h1-11H,12H2,(H,23,24,25). The summed E-state index contributed by atoms with van der Waals surface area (Å²) < 4.78 is 13.7. The summed E-state index contributed by atoms with van der Waals surface area (Å²) >= 11 is 0. The second-order valence-electron chi connectivity index (χ2n) is 5.47. The van der Waals surface area contributed by atoms with E-state index < -0.39 is 0 Å². The maximum absolute atomic E-state index is 13.7. The molecule has 0 aliphatic rings. The SMILES string of the molecule is Fc1ccc2nc(-c3cccnc3)nc(NCc3ccccn3)c2c1. The molecule has 0 aliphatic carbocycles. The van der Waals surface area contributed by atoms with E-state index in [2.05, 4.69) is 25.3 Å². The van der Waals surface area contributed by atoms with Gasteiger partial charge in [-0.05, 0) is 42.5 Å². The highest BCUT2D eigenvalue weighted by atomic mass is 19.1. The highest BCUT2D eigenvalue weighted by molar-refractivity contribution is 5.90. The molecule has 4 rings (SSSR count). The Morgan fingerprint density at radius 3 is 2.72 bits per heavy atom. The van der Waals surface area contributed by atoms with Gasteiger partial charge >= 0.3 is 0 Å². The van der Waals surface area contributed by atoms with Gasteiger partial charge in [0.1, 0.15) is 11.6 Å². The van der Waals surface area contributed by atoms with Gasteiger partial charge in [0.25, 0.3) is 0 Å². The van der Waals surface area contributed by atoms with Crippen molar-refractivity contribution in [3.8, 4) is 11.4 Å². The Hall–Kier alpha value is -3.41. The monoisotopic (exact) mass is 331 g/mol. The molecule has 25 heavy (non-hydrogen) atoms. The lowest BCUT2D eigenvalue weighted by atomic mass is 10.2. The Morgan fingerprint density at radius 1 is 0.960 bits per heavy atom. The fraction of sp³-hybridized carbons (Fsp3) is 0.0526. The molecule has 3 heterocycles. The molecule has 0 saturated heterocycles. The highest BCUT2D eigenvalue weighted by Crippen LogP contribution is 2.25. The van der Waals surface area contributed by atoms with Crippen molar-refractivity contribution in [2.24, 2.45) is 0 Å². The zero-order valence-corrected chi connectivity index (χ0v) is 13.2. The van der Waals surface area contributed by atoms with Gasteiger partial charge in [-0.2, -0.15) is 0 Å². The number of anilines is 1. The molecular weight excluding hydrogens is 317 g/mol. The Kier molecular flexibility index (Phi) is 4.00. The van der Waals surface area contributed by atoms with Crippen molar-refractivity contribution < 1.29 is 4.39 Å². The molecule has 0 unspecified atom stereocenters. The van der Waals surface area contributed by atoms with Crippen LogP contribution >= 0.6 is 0 Å². The van der Waals surface area contributed by atoms with Gasteiger partial charge in [-0.15, -0.1) is 0 Å². The molecule has 0 aliphatic heterocycles. The first-order valence-corrected chi connectivity index (χ1v) is 7.81. The molecule has 1 aromatic carbocycles. The number of hydrogen-bond donors (Lipinski definition) is 1. The minimum absolute atomic E-state index is 0.328. The van der Waals surface area contributed by atoms with Crippen molar-refractivity contribution in [2.75, 3.05) is 5.32 Å². The summed E-state index contributed by atoms with van der Waals surface area (Å²) in [6, 6.07) is 13.9. The first-order valence-electron chi connectivity index (χ1n) is 7.81. The Morgan fingerprint density at radius 2 is 1.92 bits per heavy atom. The number of nitrogens with one attached hydrogen (secondary N) is 1. The predicted octanol–water partition coefficient (Wildman–Crippen LogP) is 3.84. The molecule has 0 saturated carbocycles. The van der Waals surface area contributed by atoms with E-state index in [0.29, 0.717) is 29.1 Å². The van der Waals surface area contributed by atoms with Crippen molar-refractivity contribution >= 4 is 16.7 Å². The normalized spacial score (nSPS) is 10.8. The van der Waals surface area contributed by atoms with E-state index in [1.54, 1.807) is 24.7 Å². The zero-order chi connectivity index (χ0) is 17.1. The lowest BCUT2D eigenvalue weighted by molar-refractivity contribution is 0.629. The summed E-state index contributed by atoms with van der Waals surface area (Å²) in [5.74, 6) is 0.774. The van der Waals surface area contributed by atoms with Crippen molar-refractivity contribution in [1.29, 1.82) is 0 Å². The molecule has 6 heteroatoms. The molecule has 3 aromatic heterocycles. The average molecular weight is 331 g/mol. The van der Waals surface area contributed by atoms with Crippen molar-refractivity contribution in [1.82, 2.24) is 19.9 Å². The number of hydrogen-bond acceptors (Lipinski definition) is 5. The maximum Gasteiger partial charge on any atom is 0.163 e. The van der Waals surface area contributed by atoms with E-state index in [9.17, 15) is 4.39 Å². The van der Waals surface area contributed by atoms with Crippen molar-refractivity contribution in [3.05, 3.63) is 78.6 Å². The van der Waals surface area contributed by atoms with Gasteiger partial charge in [0.05, 0.1) is 17.8 Å². The molecule has 0 radical (unpaired) electrons. The molecule has 5 nitrogen and oxygen atoms in total. The molecule has 0 spiro atoms. The minimum Gasteiger partial charge on any atom is -0.364 e. The van der Waals surface area contributed by atoms with Crippen LogP contribution in [0.5, 0.6) is 0 Å². The van der Waals surface area contributed by atoms with Gasteiger partial charge in [0.2, 0.25) is 0 Å². The number of halogens is 1. The van der Waals surface area contributed by atoms with Gasteiger partial charge in [-0.1, -0.05) is 6.07 Å². The Labute approximate surface area is 143 Å². The van der Waals surface area contributed by atoms with E-state index in [0.717, 1.165) is 11.3 Å². The summed E-state index contributed by atoms with van der Waals surface area (Å²) in [5, 5.41) is 3.87. The van der Waals surface area contributed by atoms with E-state index in [4.69, 9.17) is 0 Å². The van der Waals surface area contributed by atoms with Crippen LogP contribution in [0.15, 0.2) is 67.1 Å². The average Bonchev–Trinajstić information content (AvgIpc) is 2.67. The largest absolute Gasteiger partial charge is 0.364 e. The van der Waals surface area contributed by atoms with Gasteiger partial charge < -0.3 is 5.32 Å². The zero-order valence-electron chi connectivity index (χ0n) is 13.2. The third-order valence-corrected chi connectivity index (χ3v) is 3.74. The number of aromatic nitrogens is 4. The number of fused-ring (bicyclic) bond motifs is 1. The summed E-state index contributed by atoms with van der Waals surface area (Å²) in [6.45, 7) is 0.482. The van der Waals surface area contributed by atoms with Gasteiger partial charge in [-0.3, -0.25) is 9.97 Å². The second-order valence-corrected chi connectivity index (χ2v) is 5.47. The first kappa shape index (κ1) is 15.1. The quantitative estimate of drug-likeness (QED) is 0.615. The predicted molar refractivity (Wildman–Crippen MR) is 94.3 cm³/mol. The summed E-state index contributed by atoms with van der Waals surface area (Å²) in [4.78, 5) is 17.5. The van der Waals surface area contributed by atoms with Crippen LogP contribution in [0, 0.1) is 5.82 Å². The third kappa shape index (κ3) is 3.28. The summed E-state index contributed by atoms with van der Waals surface area (Å²) in [5.41, 5.74) is 2.34. The first-order chi connectivity index (χ1) is 12.3. The second kappa shape index (κ2) is 6.60. The lowest BCUT2D eigenvalue weighted by Crippen LogP contribution is -2.05. The van der Waals surface area contributed by atoms with Crippen LogP contribution in [0.2, 0.25) is 0 Å². The fourth-order valence-electron chi connectivity index (χ4n) is 2.54. The van der Waals surface area contributed by atoms with Gasteiger partial charge in [0, 0.05) is 29.5 Å². The maximum atomic E-state index is 13.7. The van der Waals surface area contributed by atoms with Crippen LogP contribution in [0.25, 0.3) is 22.3 Å². The number of benzene rings is 1. The van der Waals surface area contributed by atoms with E-state index in [1.807, 2.05) is 30.3 Å². The van der Waals surface area contributed by atoms with Crippen molar-refractivity contribution in [2.45, 2.75) is 6.54 Å². The van der Waals surface area contributed by atoms with Crippen LogP contribution in [-0.2, 0) is 6.54 Å². The summed E-state index contributed by atoms with van der Waals surface area (Å²) in [6.07, 6.45) is 5.13. The number of nitrogens with zero attached hydrogens (tertiary/aromatic N) is 4. The van der Waals surface area contributed by atoms with Crippen LogP contribution in [0.3, 0.4) is 0 Å². The van der Waals surface area contributed by atoms with E-state index in [-0.39, 0.29) is 5.82 Å². The van der Waals surface area contributed by atoms with E-state index in [1.165, 1.54) is 12.1 Å². The van der Waals surface area contributed by atoms with Crippen LogP contribution in [-0.4, -0.2) is 19.9 Å². The van der Waals surface area contributed by atoms with Gasteiger partial charge in [-0.25, -0.2) is 14.4 Å². The number of pyridine rings is 2. The lowest BCUT2D eigenvalue weighted by Gasteiger charge is -2.11. The van der Waals surface area contributed by atoms with E-state index >= 15 is 0 Å². The molecule has 0 bridgehead atoms. The smallest absolute Gasteiger partial charge is 0.163 e. The molecular formula is C19H14FN5. The number of rotatable bonds is 4. The molecule has 0 amide bonds. The molecule has 4 aromatic rings. The van der Waals surface area contributed by atoms with Crippen LogP contribution < -0.4 is 5.32 Å². The molecule has 122 valence electrons. The topological polar surface area (TPSA) is 63.6 Å². The summed E-state index contributed by atoms with van der Waals surface area (Å²) in [7, 11) is 0.